The molecule has 0 aromatic heterocycles. The van der Waals surface area contributed by atoms with Crippen LogP contribution in [0.5, 0.6) is 0 Å². The van der Waals surface area contributed by atoms with Gasteiger partial charge in [-0.2, -0.15) is 0 Å². The highest BCUT2D eigenvalue weighted by Gasteiger charge is 2.19. The molecule has 0 radical (unpaired) electrons. The molecule has 26 heavy (non-hydrogen) atoms. The normalized spacial score (nSPS) is 12.1. The van der Waals surface area contributed by atoms with Gasteiger partial charge in [-0.3, -0.25) is 0 Å². The van der Waals surface area contributed by atoms with Crippen LogP contribution >= 0.6 is 0 Å². The number of allylic oxidation sites excluding steroid dienone is 1. The van der Waals surface area contributed by atoms with Crippen LogP contribution in [0.2, 0.25) is 0 Å². The van der Waals surface area contributed by atoms with Crippen molar-refractivity contribution in [1.82, 2.24) is 0 Å². The second kappa shape index (κ2) is 14.1. The summed E-state index contributed by atoms with van der Waals surface area (Å²) >= 11 is 0. The van der Waals surface area contributed by atoms with Crippen molar-refractivity contribution in [2.24, 2.45) is 0 Å². The highest BCUT2D eigenvalue weighted by molar-refractivity contribution is 5.91. The summed E-state index contributed by atoms with van der Waals surface area (Å²) in [6.07, 6.45) is 13.4. The van der Waals surface area contributed by atoms with Crippen molar-refractivity contribution >= 4 is 11.9 Å². The lowest BCUT2D eigenvalue weighted by atomic mass is 10.1. The summed E-state index contributed by atoms with van der Waals surface area (Å²) in [7, 11) is 0. The lowest BCUT2D eigenvalue weighted by molar-refractivity contribution is -0.147. The Labute approximate surface area is 157 Å². The molecular formula is C22H32O4. The second-order valence-electron chi connectivity index (χ2n) is 6.49. The van der Waals surface area contributed by atoms with E-state index in [1.54, 1.807) is 24.3 Å². The van der Waals surface area contributed by atoms with Gasteiger partial charge in [0.2, 0.25) is 0 Å². The van der Waals surface area contributed by atoms with Crippen LogP contribution in [0.3, 0.4) is 0 Å². The minimum atomic E-state index is -0.935. The van der Waals surface area contributed by atoms with E-state index < -0.39 is 18.0 Å². The van der Waals surface area contributed by atoms with Crippen LogP contribution in [0.15, 0.2) is 42.7 Å². The van der Waals surface area contributed by atoms with Gasteiger partial charge in [-0.05, 0) is 38.0 Å². The van der Waals surface area contributed by atoms with Crippen LogP contribution in [0, 0.1) is 0 Å². The lowest BCUT2D eigenvalue weighted by Crippen LogP contribution is -2.25. The Hall–Kier alpha value is -2.10. The predicted octanol–water partition coefficient (Wildman–Crippen LogP) is 5.82. The molecule has 0 aliphatic rings. The van der Waals surface area contributed by atoms with Gasteiger partial charge in [-0.1, -0.05) is 70.1 Å². The average molecular weight is 360 g/mol. The molecule has 1 aromatic rings. The fourth-order valence-corrected chi connectivity index (χ4v) is 2.53. The number of rotatable bonds is 13. The number of hydrogen-bond acceptors (Lipinski definition) is 4. The Balaban J connectivity index is 2.09. The third-order valence-corrected chi connectivity index (χ3v) is 4.13. The van der Waals surface area contributed by atoms with Crippen molar-refractivity contribution in [3.63, 3.8) is 0 Å². The van der Waals surface area contributed by atoms with Gasteiger partial charge in [0.05, 0.1) is 11.8 Å². The number of carbonyl (C=O) groups is 2. The summed E-state index contributed by atoms with van der Waals surface area (Å²) in [6.45, 7) is 3.74. The third kappa shape index (κ3) is 10.0. The second-order valence-corrected chi connectivity index (χ2v) is 6.49. The Morgan fingerprint density at radius 1 is 0.962 bits per heavy atom. The molecular weight excluding hydrogens is 328 g/mol. The van der Waals surface area contributed by atoms with Gasteiger partial charge in [0.15, 0.2) is 6.10 Å². The number of ether oxygens (including phenoxy) is 2. The molecule has 0 N–H and O–H groups in total. The minimum absolute atomic E-state index is 0.414. The zero-order valence-corrected chi connectivity index (χ0v) is 16.1. The van der Waals surface area contributed by atoms with E-state index in [1.807, 2.05) is 12.1 Å². The van der Waals surface area contributed by atoms with Gasteiger partial charge in [-0.15, -0.1) is 0 Å². The highest BCUT2D eigenvalue weighted by atomic mass is 16.6. The molecule has 0 saturated heterocycles. The first kappa shape index (κ1) is 21.9. The maximum Gasteiger partial charge on any atom is 0.351 e. The van der Waals surface area contributed by atoms with Gasteiger partial charge in [0.1, 0.15) is 0 Å². The lowest BCUT2D eigenvalue weighted by Gasteiger charge is -2.10. The molecule has 0 spiro atoms. The van der Waals surface area contributed by atoms with E-state index in [-0.39, 0.29) is 0 Å². The number of benzene rings is 1. The third-order valence-electron chi connectivity index (χ3n) is 4.13. The van der Waals surface area contributed by atoms with Crippen molar-refractivity contribution in [3.05, 3.63) is 48.2 Å². The molecule has 4 nitrogen and oxygen atoms in total. The minimum Gasteiger partial charge on any atom is -0.447 e. The summed E-state index contributed by atoms with van der Waals surface area (Å²) in [4.78, 5) is 23.7. The van der Waals surface area contributed by atoms with Crippen LogP contribution in [-0.4, -0.2) is 18.0 Å². The van der Waals surface area contributed by atoms with E-state index in [0.29, 0.717) is 5.56 Å². The summed E-state index contributed by atoms with van der Waals surface area (Å²) in [6, 6.07) is 8.58. The van der Waals surface area contributed by atoms with Crippen LogP contribution in [0.1, 0.15) is 82.0 Å². The van der Waals surface area contributed by atoms with E-state index in [0.717, 1.165) is 12.8 Å². The van der Waals surface area contributed by atoms with Gasteiger partial charge in [0.25, 0.3) is 0 Å². The van der Waals surface area contributed by atoms with Gasteiger partial charge >= 0.3 is 11.9 Å². The molecule has 0 bridgehead atoms. The smallest absolute Gasteiger partial charge is 0.351 e. The molecule has 0 aliphatic carbocycles. The first-order chi connectivity index (χ1) is 12.6. The molecule has 144 valence electrons. The molecule has 1 aromatic carbocycles. The maximum absolute atomic E-state index is 11.9. The Morgan fingerprint density at radius 2 is 1.58 bits per heavy atom. The first-order valence-corrected chi connectivity index (χ1v) is 9.76. The van der Waals surface area contributed by atoms with Crippen molar-refractivity contribution in [3.8, 4) is 0 Å². The van der Waals surface area contributed by atoms with Crippen molar-refractivity contribution < 1.29 is 19.1 Å². The van der Waals surface area contributed by atoms with Crippen molar-refractivity contribution in [2.45, 2.75) is 77.7 Å². The topological polar surface area (TPSA) is 52.6 Å². The Bertz CT molecular complexity index is 536. The van der Waals surface area contributed by atoms with Crippen molar-refractivity contribution in [2.75, 3.05) is 0 Å². The Morgan fingerprint density at radius 3 is 2.23 bits per heavy atom. The van der Waals surface area contributed by atoms with E-state index in [1.165, 1.54) is 58.1 Å². The van der Waals surface area contributed by atoms with Crippen molar-refractivity contribution in [1.29, 1.82) is 0 Å². The summed E-state index contributed by atoms with van der Waals surface area (Å²) < 4.78 is 10.1. The number of hydrogen-bond donors (Lipinski definition) is 0. The van der Waals surface area contributed by atoms with Crippen LogP contribution in [0.4, 0.5) is 0 Å². The molecule has 1 unspecified atom stereocenters. The number of unbranched alkanes of at least 4 members (excludes halogenated alkanes) is 8. The van der Waals surface area contributed by atoms with E-state index in [9.17, 15) is 9.59 Å². The van der Waals surface area contributed by atoms with E-state index in [4.69, 9.17) is 9.47 Å². The molecule has 1 rings (SSSR count). The molecule has 0 amide bonds. The number of carbonyl (C=O) groups excluding carboxylic acids is 2. The van der Waals surface area contributed by atoms with E-state index in [2.05, 4.69) is 6.92 Å². The molecule has 0 heterocycles. The zero-order chi connectivity index (χ0) is 19.0. The zero-order valence-electron chi connectivity index (χ0n) is 16.1. The molecule has 0 saturated carbocycles. The summed E-state index contributed by atoms with van der Waals surface area (Å²) in [5.74, 6) is -1.10. The molecule has 0 fully saturated rings. The monoisotopic (exact) mass is 360 g/mol. The van der Waals surface area contributed by atoms with Gasteiger partial charge in [-0.25, -0.2) is 9.59 Å². The molecule has 4 heteroatoms. The fourth-order valence-electron chi connectivity index (χ4n) is 2.53. The molecule has 0 aliphatic heterocycles. The maximum atomic E-state index is 11.9. The van der Waals surface area contributed by atoms with Crippen LogP contribution in [0.25, 0.3) is 0 Å². The highest BCUT2D eigenvalue weighted by Crippen LogP contribution is 2.10. The SMILES string of the molecule is CCCCCCCCCCC=COC(=O)C(C)OC(=O)c1ccccc1. The quantitative estimate of drug-likeness (QED) is 0.253. The molecule has 1 atom stereocenters. The van der Waals surface area contributed by atoms with Crippen LogP contribution in [-0.2, 0) is 14.3 Å². The fraction of sp³-hybridized carbons (Fsp3) is 0.545. The van der Waals surface area contributed by atoms with Gasteiger partial charge < -0.3 is 9.47 Å². The Kier molecular flexibility index (Phi) is 11.9. The summed E-state index contributed by atoms with van der Waals surface area (Å²) in [5, 5.41) is 0. The first-order valence-electron chi connectivity index (χ1n) is 9.76. The average Bonchev–Trinajstić information content (AvgIpc) is 2.66. The van der Waals surface area contributed by atoms with E-state index >= 15 is 0 Å². The van der Waals surface area contributed by atoms with Crippen LogP contribution < -0.4 is 0 Å². The number of esters is 2. The standard InChI is InChI=1S/C22H32O4/c1-3-4-5-6-7-8-9-10-11-15-18-25-21(23)19(2)26-22(24)20-16-13-12-14-17-20/h12-19H,3-11H2,1-2H3. The summed E-state index contributed by atoms with van der Waals surface area (Å²) in [5.41, 5.74) is 0.414. The van der Waals surface area contributed by atoms with Gasteiger partial charge in [0, 0.05) is 0 Å². The predicted molar refractivity (Wildman–Crippen MR) is 104 cm³/mol. The largest absolute Gasteiger partial charge is 0.447 e.